The quantitative estimate of drug-likeness (QED) is 0.686. The third kappa shape index (κ3) is 3.84. The number of carbonyl (C=O) groups excluding carboxylic acids is 1. The van der Waals surface area contributed by atoms with Gasteiger partial charge in [0.1, 0.15) is 0 Å². The molecule has 1 N–H and O–H groups in total. The molecule has 0 aliphatic heterocycles. The number of anilines is 1. The van der Waals surface area contributed by atoms with E-state index >= 15 is 0 Å². The SMILES string of the molecule is CCn1ncc(NC(=O)c2ccn(COc3c(Cl)cccc3Cl)n2)c1C. The van der Waals surface area contributed by atoms with E-state index in [4.69, 9.17) is 27.9 Å². The van der Waals surface area contributed by atoms with Gasteiger partial charge in [0.25, 0.3) is 5.91 Å². The average Bonchev–Trinajstić information content (AvgIpc) is 3.22. The van der Waals surface area contributed by atoms with Gasteiger partial charge in [0, 0.05) is 12.7 Å². The van der Waals surface area contributed by atoms with Crippen LogP contribution in [0.1, 0.15) is 23.1 Å². The van der Waals surface area contributed by atoms with E-state index in [1.165, 1.54) is 4.68 Å². The molecule has 0 fully saturated rings. The van der Waals surface area contributed by atoms with Crippen molar-refractivity contribution in [1.82, 2.24) is 19.6 Å². The number of hydrogen-bond donors (Lipinski definition) is 1. The van der Waals surface area contributed by atoms with Crippen LogP contribution in [0.15, 0.2) is 36.7 Å². The van der Waals surface area contributed by atoms with Crippen molar-refractivity contribution in [3.63, 3.8) is 0 Å². The van der Waals surface area contributed by atoms with Crippen molar-refractivity contribution in [2.75, 3.05) is 5.32 Å². The van der Waals surface area contributed by atoms with E-state index in [0.717, 1.165) is 12.2 Å². The van der Waals surface area contributed by atoms with Gasteiger partial charge in [-0.2, -0.15) is 10.2 Å². The van der Waals surface area contributed by atoms with Gasteiger partial charge in [-0.15, -0.1) is 0 Å². The first kappa shape index (κ1) is 18.3. The number of rotatable bonds is 6. The molecule has 0 aliphatic carbocycles. The average molecular weight is 394 g/mol. The van der Waals surface area contributed by atoms with Crippen LogP contribution in [0.3, 0.4) is 0 Å². The van der Waals surface area contributed by atoms with Crippen molar-refractivity contribution in [1.29, 1.82) is 0 Å². The lowest BCUT2D eigenvalue weighted by atomic mass is 10.3. The molecular weight excluding hydrogens is 377 g/mol. The van der Waals surface area contributed by atoms with Gasteiger partial charge < -0.3 is 10.1 Å². The molecule has 1 aromatic carbocycles. The number of halogens is 2. The molecule has 3 rings (SSSR count). The fraction of sp³-hybridized carbons (Fsp3) is 0.235. The molecule has 0 radical (unpaired) electrons. The fourth-order valence-electron chi connectivity index (χ4n) is 2.38. The summed E-state index contributed by atoms with van der Waals surface area (Å²) in [5.41, 5.74) is 1.81. The number of aryl methyl sites for hydroxylation is 1. The smallest absolute Gasteiger partial charge is 0.276 e. The highest BCUT2D eigenvalue weighted by Crippen LogP contribution is 2.32. The Balaban J connectivity index is 1.65. The van der Waals surface area contributed by atoms with Crippen molar-refractivity contribution in [2.24, 2.45) is 0 Å². The molecule has 2 aromatic heterocycles. The molecular formula is C17H17Cl2N5O2. The minimum atomic E-state index is -0.321. The van der Waals surface area contributed by atoms with Crippen LogP contribution in [0.4, 0.5) is 5.69 Å². The zero-order valence-corrected chi connectivity index (χ0v) is 15.8. The Labute approximate surface area is 160 Å². The second-order valence-corrected chi connectivity index (χ2v) is 6.29. The summed E-state index contributed by atoms with van der Waals surface area (Å²) in [6, 6.07) is 6.70. The third-order valence-corrected chi connectivity index (χ3v) is 4.38. The van der Waals surface area contributed by atoms with Gasteiger partial charge in [0.2, 0.25) is 0 Å². The zero-order valence-electron chi connectivity index (χ0n) is 14.2. The second kappa shape index (κ2) is 7.80. The Hall–Kier alpha value is -2.51. The number of nitrogens with zero attached hydrogens (tertiary/aromatic N) is 4. The molecule has 136 valence electrons. The summed E-state index contributed by atoms with van der Waals surface area (Å²) in [4.78, 5) is 12.4. The van der Waals surface area contributed by atoms with E-state index in [1.54, 1.807) is 41.3 Å². The van der Waals surface area contributed by atoms with Gasteiger partial charge in [0.15, 0.2) is 18.2 Å². The first-order valence-corrected chi connectivity index (χ1v) is 8.69. The summed E-state index contributed by atoms with van der Waals surface area (Å²) in [5, 5.41) is 12.0. The Kier molecular flexibility index (Phi) is 5.49. The number of aromatic nitrogens is 4. The van der Waals surface area contributed by atoms with Gasteiger partial charge in [-0.1, -0.05) is 29.3 Å². The second-order valence-electron chi connectivity index (χ2n) is 5.48. The van der Waals surface area contributed by atoms with E-state index in [9.17, 15) is 4.79 Å². The molecule has 0 saturated carbocycles. The van der Waals surface area contributed by atoms with Crippen molar-refractivity contribution in [3.8, 4) is 5.75 Å². The molecule has 0 aliphatic rings. The molecule has 9 heteroatoms. The highest BCUT2D eigenvalue weighted by molar-refractivity contribution is 6.37. The summed E-state index contributed by atoms with van der Waals surface area (Å²) in [5.74, 6) is 0.0539. The zero-order chi connectivity index (χ0) is 18.7. The van der Waals surface area contributed by atoms with E-state index in [1.807, 2.05) is 13.8 Å². The van der Waals surface area contributed by atoms with E-state index in [0.29, 0.717) is 21.5 Å². The molecule has 0 saturated heterocycles. The molecule has 0 atom stereocenters. The number of benzene rings is 1. The normalized spacial score (nSPS) is 10.8. The minimum Gasteiger partial charge on any atom is -0.468 e. The number of ether oxygens (including phenoxy) is 1. The van der Waals surface area contributed by atoms with Crippen molar-refractivity contribution >= 4 is 34.8 Å². The van der Waals surface area contributed by atoms with Gasteiger partial charge in [-0.25, -0.2) is 4.68 Å². The Morgan fingerprint density at radius 2 is 2.00 bits per heavy atom. The molecule has 26 heavy (non-hydrogen) atoms. The summed E-state index contributed by atoms with van der Waals surface area (Å²) < 4.78 is 8.88. The number of para-hydroxylation sites is 1. The molecule has 1 amide bonds. The fourth-order valence-corrected chi connectivity index (χ4v) is 2.89. The highest BCUT2D eigenvalue weighted by Gasteiger charge is 2.14. The lowest BCUT2D eigenvalue weighted by Gasteiger charge is -2.09. The lowest BCUT2D eigenvalue weighted by Crippen LogP contribution is -2.15. The Morgan fingerprint density at radius 1 is 1.27 bits per heavy atom. The summed E-state index contributed by atoms with van der Waals surface area (Å²) in [7, 11) is 0. The van der Waals surface area contributed by atoms with Crippen LogP contribution in [-0.2, 0) is 13.3 Å². The Morgan fingerprint density at radius 3 is 2.65 bits per heavy atom. The lowest BCUT2D eigenvalue weighted by molar-refractivity contribution is 0.102. The van der Waals surface area contributed by atoms with E-state index < -0.39 is 0 Å². The first-order valence-electron chi connectivity index (χ1n) is 7.93. The van der Waals surface area contributed by atoms with Gasteiger partial charge in [-0.05, 0) is 32.0 Å². The van der Waals surface area contributed by atoms with Crippen LogP contribution >= 0.6 is 23.2 Å². The van der Waals surface area contributed by atoms with Crippen LogP contribution < -0.4 is 10.1 Å². The van der Waals surface area contributed by atoms with E-state index in [-0.39, 0.29) is 18.3 Å². The van der Waals surface area contributed by atoms with Gasteiger partial charge in [-0.3, -0.25) is 9.48 Å². The van der Waals surface area contributed by atoms with E-state index in [2.05, 4.69) is 15.5 Å². The van der Waals surface area contributed by atoms with Gasteiger partial charge >= 0.3 is 0 Å². The van der Waals surface area contributed by atoms with Crippen LogP contribution in [0, 0.1) is 6.92 Å². The largest absolute Gasteiger partial charge is 0.468 e. The predicted molar refractivity (Wildman–Crippen MR) is 99.9 cm³/mol. The van der Waals surface area contributed by atoms with Crippen LogP contribution in [-0.4, -0.2) is 25.5 Å². The van der Waals surface area contributed by atoms with Crippen LogP contribution in [0.5, 0.6) is 5.75 Å². The predicted octanol–water partition coefficient (Wildman–Crippen LogP) is 4.00. The topological polar surface area (TPSA) is 74.0 Å². The summed E-state index contributed by atoms with van der Waals surface area (Å²) in [6.07, 6.45) is 3.26. The maximum absolute atomic E-state index is 12.4. The number of hydrogen-bond acceptors (Lipinski definition) is 4. The molecule has 0 bridgehead atoms. The monoisotopic (exact) mass is 393 g/mol. The summed E-state index contributed by atoms with van der Waals surface area (Å²) >= 11 is 12.1. The van der Waals surface area contributed by atoms with Crippen LogP contribution in [0.2, 0.25) is 10.0 Å². The molecule has 7 nitrogen and oxygen atoms in total. The maximum atomic E-state index is 12.4. The molecule has 3 aromatic rings. The van der Waals surface area contributed by atoms with Crippen molar-refractivity contribution < 1.29 is 9.53 Å². The highest BCUT2D eigenvalue weighted by atomic mass is 35.5. The molecule has 0 unspecified atom stereocenters. The van der Waals surface area contributed by atoms with Crippen LogP contribution in [0.25, 0.3) is 0 Å². The Bertz CT molecular complexity index is 915. The first-order chi connectivity index (χ1) is 12.5. The minimum absolute atomic E-state index is 0.0729. The maximum Gasteiger partial charge on any atom is 0.276 e. The number of amides is 1. The van der Waals surface area contributed by atoms with Gasteiger partial charge in [0.05, 0.1) is 27.6 Å². The standard InChI is InChI=1S/C17H17Cl2N5O2/c1-3-24-11(2)15(9-20-24)21-17(25)14-7-8-23(22-14)10-26-16-12(18)5-4-6-13(16)19/h4-9H,3,10H2,1-2H3,(H,21,25). The number of nitrogens with one attached hydrogen (secondary N) is 1. The van der Waals surface area contributed by atoms with Crippen molar-refractivity contribution in [3.05, 3.63) is 58.1 Å². The van der Waals surface area contributed by atoms with Crippen molar-refractivity contribution in [2.45, 2.75) is 27.1 Å². The summed E-state index contributed by atoms with van der Waals surface area (Å²) in [6.45, 7) is 4.69. The molecule has 0 spiro atoms. The molecule has 2 heterocycles. The third-order valence-electron chi connectivity index (χ3n) is 3.78. The number of carbonyl (C=O) groups is 1.